The molecule has 2 rings (SSSR count). The van der Waals surface area contributed by atoms with Crippen LogP contribution in [0.4, 0.5) is 4.39 Å². The van der Waals surface area contributed by atoms with Crippen molar-refractivity contribution in [1.29, 1.82) is 0 Å². The summed E-state index contributed by atoms with van der Waals surface area (Å²) in [5, 5.41) is 8.93. The van der Waals surface area contributed by atoms with Crippen LogP contribution in [0, 0.1) is 11.7 Å². The molecular weight excluding hydrogens is 257 g/mol. The zero-order valence-electron chi connectivity index (χ0n) is 9.84. The highest BCUT2D eigenvalue weighted by Gasteiger charge is 2.33. The Morgan fingerprint density at radius 3 is 2.72 bits per heavy atom. The van der Waals surface area contributed by atoms with Crippen molar-refractivity contribution in [3.63, 3.8) is 0 Å². The second kappa shape index (κ2) is 5.34. The standard InChI is InChI=1S/C12H16FNO3S/c13-10-2-1-3-11(8-10)18(16,17)14-12(6-7-15)9-4-5-9/h1-3,8-9,12,14-15H,4-7H2. The van der Waals surface area contributed by atoms with Crippen LogP contribution in [0.15, 0.2) is 29.2 Å². The molecule has 0 amide bonds. The monoisotopic (exact) mass is 273 g/mol. The fourth-order valence-corrected chi connectivity index (χ4v) is 3.30. The van der Waals surface area contributed by atoms with Crippen molar-refractivity contribution in [3.8, 4) is 0 Å². The zero-order valence-corrected chi connectivity index (χ0v) is 10.7. The van der Waals surface area contributed by atoms with E-state index in [0.717, 1.165) is 18.9 Å². The molecule has 6 heteroatoms. The Bertz CT molecular complexity index is 514. The van der Waals surface area contributed by atoms with Gasteiger partial charge < -0.3 is 5.11 Å². The Morgan fingerprint density at radius 1 is 1.44 bits per heavy atom. The summed E-state index contributed by atoms with van der Waals surface area (Å²) in [6, 6.07) is 4.65. The van der Waals surface area contributed by atoms with E-state index in [1.165, 1.54) is 18.2 Å². The molecule has 0 saturated heterocycles. The van der Waals surface area contributed by atoms with Crippen LogP contribution in [0.5, 0.6) is 0 Å². The van der Waals surface area contributed by atoms with Crippen molar-refractivity contribution in [1.82, 2.24) is 4.72 Å². The normalized spacial score (nSPS) is 17.7. The number of aliphatic hydroxyl groups excluding tert-OH is 1. The number of nitrogens with one attached hydrogen (secondary N) is 1. The van der Waals surface area contributed by atoms with Crippen molar-refractivity contribution in [3.05, 3.63) is 30.1 Å². The molecule has 4 nitrogen and oxygen atoms in total. The smallest absolute Gasteiger partial charge is 0.240 e. The predicted octanol–water partition coefficient (Wildman–Crippen LogP) is 1.26. The van der Waals surface area contributed by atoms with E-state index < -0.39 is 15.8 Å². The summed E-state index contributed by atoms with van der Waals surface area (Å²) in [6.07, 6.45) is 2.33. The first-order valence-electron chi connectivity index (χ1n) is 5.91. The second-order valence-electron chi connectivity index (χ2n) is 4.53. The number of benzene rings is 1. The lowest BCUT2D eigenvalue weighted by Crippen LogP contribution is -2.37. The third-order valence-corrected chi connectivity index (χ3v) is 4.53. The van der Waals surface area contributed by atoms with Crippen molar-refractivity contribution in [2.24, 2.45) is 5.92 Å². The van der Waals surface area contributed by atoms with Gasteiger partial charge in [0.2, 0.25) is 10.0 Å². The van der Waals surface area contributed by atoms with Crippen LogP contribution < -0.4 is 4.72 Å². The molecule has 0 bridgehead atoms. The highest BCUT2D eigenvalue weighted by atomic mass is 32.2. The molecule has 1 aliphatic carbocycles. The Kier molecular flexibility index (Phi) is 3.99. The number of hydrogen-bond donors (Lipinski definition) is 2. The second-order valence-corrected chi connectivity index (χ2v) is 6.25. The Balaban J connectivity index is 2.15. The topological polar surface area (TPSA) is 66.4 Å². The van der Waals surface area contributed by atoms with Gasteiger partial charge >= 0.3 is 0 Å². The van der Waals surface area contributed by atoms with Crippen molar-refractivity contribution >= 4 is 10.0 Å². The lowest BCUT2D eigenvalue weighted by molar-refractivity contribution is 0.265. The zero-order chi connectivity index (χ0) is 13.2. The molecule has 1 fully saturated rings. The molecule has 1 saturated carbocycles. The Hall–Kier alpha value is -0.980. The molecule has 0 radical (unpaired) electrons. The van der Waals surface area contributed by atoms with Crippen molar-refractivity contribution in [2.45, 2.75) is 30.2 Å². The Labute approximate surface area is 106 Å². The van der Waals surface area contributed by atoms with Crippen molar-refractivity contribution in [2.75, 3.05) is 6.61 Å². The molecule has 1 aromatic rings. The van der Waals surface area contributed by atoms with Gasteiger partial charge in [-0.2, -0.15) is 0 Å². The SMILES string of the molecule is O=S(=O)(NC(CCO)C1CC1)c1cccc(F)c1. The molecule has 0 aromatic heterocycles. The van der Waals surface area contributed by atoms with Gasteiger partial charge in [0.05, 0.1) is 4.90 Å². The van der Waals surface area contributed by atoms with Gasteiger partial charge in [0.15, 0.2) is 0 Å². The summed E-state index contributed by atoms with van der Waals surface area (Å²) in [6.45, 7) is -0.0627. The van der Waals surface area contributed by atoms with Crippen LogP contribution in [0.3, 0.4) is 0 Å². The molecule has 0 aliphatic heterocycles. The minimum atomic E-state index is -3.71. The maximum Gasteiger partial charge on any atom is 0.240 e. The maximum atomic E-state index is 13.0. The van der Waals surface area contributed by atoms with Crippen LogP contribution in [0.1, 0.15) is 19.3 Å². The highest BCUT2D eigenvalue weighted by molar-refractivity contribution is 7.89. The lowest BCUT2D eigenvalue weighted by Gasteiger charge is -2.17. The van der Waals surface area contributed by atoms with E-state index in [-0.39, 0.29) is 17.5 Å². The molecule has 1 atom stereocenters. The van der Waals surface area contributed by atoms with Crippen LogP contribution in [-0.4, -0.2) is 26.2 Å². The number of rotatable bonds is 6. The fourth-order valence-electron chi connectivity index (χ4n) is 1.93. The quantitative estimate of drug-likeness (QED) is 0.820. The average Bonchev–Trinajstić information content (AvgIpc) is 3.12. The summed E-state index contributed by atoms with van der Waals surface area (Å²) in [4.78, 5) is -0.0777. The maximum absolute atomic E-state index is 13.0. The number of halogens is 1. The van der Waals surface area contributed by atoms with E-state index >= 15 is 0 Å². The fraction of sp³-hybridized carbons (Fsp3) is 0.500. The number of aliphatic hydroxyl groups is 1. The van der Waals surface area contributed by atoms with E-state index in [1.807, 2.05) is 0 Å². The van der Waals surface area contributed by atoms with Crippen LogP contribution >= 0.6 is 0 Å². The minimum Gasteiger partial charge on any atom is -0.396 e. The summed E-state index contributed by atoms with van der Waals surface area (Å²) < 4.78 is 39.7. The first-order chi connectivity index (χ1) is 8.53. The first kappa shape index (κ1) is 13.5. The first-order valence-corrected chi connectivity index (χ1v) is 7.40. The summed E-state index contributed by atoms with van der Waals surface area (Å²) in [5.74, 6) is -0.288. The molecule has 0 spiro atoms. The van der Waals surface area contributed by atoms with Crippen LogP contribution in [-0.2, 0) is 10.0 Å². The van der Waals surface area contributed by atoms with E-state index in [1.54, 1.807) is 0 Å². The van der Waals surface area contributed by atoms with Gasteiger partial charge in [0.1, 0.15) is 5.82 Å². The van der Waals surface area contributed by atoms with E-state index in [9.17, 15) is 12.8 Å². The van der Waals surface area contributed by atoms with E-state index in [2.05, 4.69) is 4.72 Å². The minimum absolute atomic E-state index is 0.0627. The van der Waals surface area contributed by atoms with Crippen molar-refractivity contribution < 1.29 is 17.9 Å². The summed E-state index contributed by atoms with van der Waals surface area (Å²) >= 11 is 0. The third kappa shape index (κ3) is 3.28. The van der Waals surface area contributed by atoms with Gasteiger partial charge in [0, 0.05) is 12.6 Å². The number of sulfonamides is 1. The molecule has 1 aromatic carbocycles. The largest absolute Gasteiger partial charge is 0.396 e. The van der Waals surface area contributed by atoms with Gasteiger partial charge in [-0.3, -0.25) is 0 Å². The van der Waals surface area contributed by atoms with Gasteiger partial charge in [-0.25, -0.2) is 17.5 Å². The molecule has 1 aliphatic rings. The van der Waals surface area contributed by atoms with E-state index in [0.29, 0.717) is 12.3 Å². The predicted molar refractivity (Wildman–Crippen MR) is 64.9 cm³/mol. The van der Waals surface area contributed by atoms with Crippen LogP contribution in [0.25, 0.3) is 0 Å². The highest BCUT2D eigenvalue weighted by Crippen LogP contribution is 2.34. The third-order valence-electron chi connectivity index (χ3n) is 3.04. The molecule has 0 heterocycles. The lowest BCUT2D eigenvalue weighted by atomic mass is 10.1. The van der Waals surface area contributed by atoms with Gasteiger partial charge in [-0.1, -0.05) is 6.07 Å². The molecule has 100 valence electrons. The van der Waals surface area contributed by atoms with E-state index in [4.69, 9.17) is 5.11 Å². The number of hydrogen-bond acceptors (Lipinski definition) is 3. The summed E-state index contributed by atoms with van der Waals surface area (Å²) in [5.41, 5.74) is 0. The molecule has 1 unspecified atom stereocenters. The summed E-state index contributed by atoms with van der Waals surface area (Å²) in [7, 11) is -3.71. The van der Waals surface area contributed by atoms with Crippen LogP contribution in [0.2, 0.25) is 0 Å². The molecular formula is C12H16FNO3S. The van der Waals surface area contributed by atoms with Gasteiger partial charge in [-0.15, -0.1) is 0 Å². The van der Waals surface area contributed by atoms with Gasteiger partial charge in [-0.05, 0) is 43.4 Å². The Morgan fingerprint density at radius 2 is 2.17 bits per heavy atom. The molecule has 2 N–H and O–H groups in total. The average molecular weight is 273 g/mol. The molecule has 18 heavy (non-hydrogen) atoms. The van der Waals surface area contributed by atoms with Gasteiger partial charge in [0.25, 0.3) is 0 Å².